The third kappa shape index (κ3) is 2.87. The normalized spacial score (nSPS) is 25.4. The molecule has 0 bridgehead atoms. The lowest BCUT2D eigenvalue weighted by molar-refractivity contribution is 0.226. The quantitative estimate of drug-likeness (QED) is 0.929. The van der Waals surface area contributed by atoms with E-state index in [2.05, 4.69) is 44.9 Å². The zero-order chi connectivity index (χ0) is 12.3. The molecule has 0 saturated carbocycles. The summed E-state index contributed by atoms with van der Waals surface area (Å²) < 4.78 is 1.03. The highest BCUT2D eigenvalue weighted by atomic mass is 79.9. The predicted molar refractivity (Wildman–Crippen MR) is 73.7 cm³/mol. The summed E-state index contributed by atoms with van der Waals surface area (Å²) in [4.78, 5) is 7.07. The van der Waals surface area contributed by atoms with Crippen LogP contribution in [-0.4, -0.2) is 29.5 Å². The van der Waals surface area contributed by atoms with Crippen LogP contribution in [0.2, 0.25) is 0 Å². The van der Waals surface area contributed by atoms with Crippen LogP contribution in [0.3, 0.4) is 0 Å². The van der Waals surface area contributed by atoms with E-state index in [1.165, 1.54) is 12.8 Å². The Labute approximate surface area is 112 Å². The molecule has 1 aliphatic rings. The summed E-state index contributed by atoms with van der Waals surface area (Å²) in [5.41, 5.74) is 7.05. The van der Waals surface area contributed by atoms with Crippen molar-refractivity contribution in [3.05, 3.63) is 28.5 Å². The zero-order valence-corrected chi connectivity index (χ0v) is 11.9. The second-order valence-corrected chi connectivity index (χ2v) is 5.58. The van der Waals surface area contributed by atoms with Gasteiger partial charge in [-0.1, -0.05) is 6.92 Å². The van der Waals surface area contributed by atoms with Gasteiger partial charge in [0.05, 0.1) is 11.7 Å². The first-order chi connectivity index (χ1) is 8.26. The van der Waals surface area contributed by atoms with Gasteiger partial charge in [0.25, 0.3) is 0 Å². The van der Waals surface area contributed by atoms with E-state index in [9.17, 15) is 0 Å². The van der Waals surface area contributed by atoms with Crippen molar-refractivity contribution in [2.24, 2.45) is 11.7 Å². The highest BCUT2D eigenvalue weighted by molar-refractivity contribution is 9.10. The molecular weight excluding hydrogens is 278 g/mol. The molecule has 17 heavy (non-hydrogen) atoms. The van der Waals surface area contributed by atoms with E-state index >= 15 is 0 Å². The molecule has 94 valence electrons. The van der Waals surface area contributed by atoms with Crippen LogP contribution in [0, 0.1) is 5.92 Å². The smallest absolute Gasteiger partial charge is 0.0579 e. The van der Waals surface area contributed by atoms with E-state index in [0.29, 0.717) is 12.0 Å². The van der Waals surface area contributed by atoms with Crippen LogP contribution < -0.4 is 5.73 Å². The van der Waals surface area contributed by atoms with E-state index in [-0.39, 0.29) is 0 Å². The number of nitrogens with zero attached hydrogens (tertiary/aromatic N) is 2. The summed E-state index contributed by atoms with van der Waals surface area (Å²) in [6.45, 7) is 5.27. The molecule has 1 aliphatic heterocycles. The molecule has 0 amide bonds. The van der Waals surface area contributed by atoms with Gasteiger partial charge in [-0.05, 0) is 66.5 Å². The number of halogens is 1. The standard InChI is InChI=1S/C13H20BrN3/c1-2-6-17-7-5-10(8-15)13(17)12-4-3-11(14)9-16-12/h3-4,9-10,13H,2,5-8,15H2,1H3. The third-order valence-corrected chi connectivity index (χ3v) is 3.96. The minimum atomic E-state index is 0.410. The maximum atomic E-state index is 5.89. The first-order valence-corrected chi connectivity index (χ1v) is 7.11. The lowest BCUT2D eigenvalue weighted by Crippen LogP contribution is -2.29. The summed E-state index contributed by atoms with van der Waals surface area (Å²) >= 11 is 3.43. The minimum Gasteiger partial charge on any atom is -0.330 e. The van der Waals surface area contributed by atoms with Gasteiger partial charge in [0.1, 0.15) is 0 Å². The Morgan fingerprint density at radius 2 is 2.35 bits per heavy atom. The zero-order valence-electron chi connectivity index (χ0n) is 10.3. The van der Waals surface area contributed by atoms with Gasteiger partial charge in [-0.15, -0.1) is 0 Å². The molecule has 2 atom stereocenters. The van der Waals surface area contributed by atoms with Gasteiger partial charge >= 0.3 is 0 Å². The van der Waals surface area contributed by atoms with Crippen molar-refractivity contribution < 1.29 is 0 Å². The van der Waals surface area contributed by atoms with E-state index in [1.54, 1.807) is 0 Å². The third-order valence-electron chi connectivity index (χ3n) is 3.49. The molecule has 2 heterocycles. The Balaban J connectivity index is 2.21. The Hall–Kier alpha value is -0.450. The fraction of sp³-hybridized carbons (Fsp3) is 0.615. The summed E-state index contributed by atoms with van der Waals surface area (Å²) in [5, 5.41) is 0. The molecule has 2 rings (SSSR count). The molecule has 1 aromatic heterocycles. The van der Waals surface area contributed by atoms with E-state index in [4.69, 9.17) is 5.73 Å². The summed E-state index contributed by atoms with van der Waals surface area (Å²) in [6.07, 6.45) is 4.26. The van der Waals surface area contributed by atoms with Gasteiger partial charge in [0.15, 0.2) is 0 Å². The average Bonchev–Trinajstić information content (AvgIpc) is 2.74. The topological polar surface area (TPSA) is 42.1 Å². The van der Waals surface area contributed by atoms with E-state index < -0.39 is 0 Å². The van der Waals surface area contributed by atoms with Crippen molar-refractivity contribution in [2.75, 3.05) is 19.6 Å². The number of hydrogen-bond donors (Lipinski definition) is 1. The van der Waals surface area contributed by atoms with E-state index in [0.717, 1.165) is 29.8 Å². The maximum absolute atomic E-state index is 5.89. The first-order valence-electron chi connectivity index (χ1n) is 6.31. The molecule has 1 saturated heterocycles. The van der Waals surface area contributed by atoms with Crippen molar-refractivity contribution in [3.8, 4) is 0 Å². The second kappa shape index (κ2) is 5.94. The number of pyridine rings is 1. The molecule has 3 nitrogen and oxygen atoms in total. The van der Waals surface area contributed by atoms with Crippen molar-refractivity contribution in [3.63, 3.8) is 0 Å². The van der Waals surface area contributed by atoms with Gasteiger partial charge in [-0.25, -0.2) is 0 Å². The molecule has 0 radical (unpaired) electrons. The van der Waals surface area contributed by atoms with Crippen LogP contribution in [0.25, 0.3) is 0 Å². The summed E-state index contributed by atoms with van der Waals surface area (Å²) in [7, 11) is 0. The van der Waals surface area contributed by atoms with Gasteiger partial charge in [0.2, 0.25) is 0 Å². The fourth-order valence-corrected chi connectivity index (χ4v) is 2.94. The van der Waals surface area contributed by atoms with E-state index in [1.807, 2.05) is 6.20 Å². The molecule has 0 aliphatic carbocycles. The Morgan fingerprint density at radius 3 is 2.94 bits per heavy atom. The molecule has 1 aromatic rings. The van der Waals surface area contributed by atoms with Crippen LogP contribution in [-0.2, 0) is 0 Å². The van der Waals surface area contributed by atoms with Gasteiger partial charge < -0.3 is 5.73 Å². The van der Waals surface area contributed by atoms with Crippen molar-refractivity contribution in [1.82, 2.24) is 9.88 Å². The van der Waals surface area contributed by atoms with Crippen LogP contribution in [0.4, 0.5) is 0 Å². The van der Waals surface area contributed by atoms with Gasteiger partial charge in [-0.2, -0.15) is 0 Å². The Bertz CT molecular complexity index is 352. The SMILES string of the molecule is CCCN1CCC(CN)C1c1ccc(Br)cn1. The van der Waals surface area contributed by atoms with Crippen LogP contribution in [0.15, 0.2) is 22.8 Å². The van der Waals surface area contributed by atoms with Crippen LogP contribution in [0.1, 0.15) is 31.5 Å². The summed E-state index contributed by atoms with van der Waals surface area (Å²) in [6, 6.07) is 4.59. The fourth-order valence-electron chi connectivity index (χ4n) is 2.70. The summed E-state index contributed by atoms with van der Waals surface area (Å²) in [5.74, 6) is 0.551. The average molecular weight is 298 g/mol. The lowest BCUT2D eigenvalue weighted by atomic mass is 9.97. The number of likely N-dealkylation sites (tertiary alicyclic amines) is 1. The first kappa shape index (κ1) is 13.0. The largest absolute Gasteiger partial charge is 0.330 e. The number of rotatable bonds is 4. The molecule has 2 unspecified atom stereocenters. The van der Waals surface area contributed by atoms with Crippen molar-refractivity contribution >= 4 is 15.9 Å². The second-order valence-electron chi connectivity index (χ2n) is 4.67. The van der Waals surface area contributed by atoms with Crippen LogP contribution in [0.5, 0.6) is 0 Å². The monoisotopic (exact) mass is 297 g/mol. The van der Waals surface area contributed by atoms with Crippen molar-refractivity contribution in [2.45, 2.75) is 25.8 Å². The predicted octanol–water partition coefficient (Wildman–Crippen LogP) is 2.58. The lowest BCUT2D eigenvalue weighted by Gasteiger charge is -2.27. The molecular formula is C13H20BrN3. The molecule has 0 aromatic carbocycles. The molecule has 4 heteroatoms. The molecule has 1 fully saturated rings. The van der Waals surface area contributed by atoms with Crippen molar-refractivity contribution in [1.29, 1.82) is 0 Å². The highest BCUT2D eigenvalue weighted by Gasteiger charge is 2.34. The highest BCUT2D eigenvalue weighted by Crippen LogP contribution is 2.35. The van der Waals surface area contributed by atoms with Gasteiger partial charge in [0, 0.05) is 10.7 Å². The molecule has 2 N–H and O–H groups in total. The number of hydrogen-bond acceptors (Lipinski definition) is 3. The number of aromatic nitrogens is 1. The number of nitrogens with two attached hydrogens (primary N) is 1. The molecule has 0 spiro atoms. The minimum absolute atomic E-state index is 0.410. The van der Waals surface area contributed by atoms with Crippen LogP contribution >= 0.6 is 15.9 Å². The Morgan fingerprint density at radius 1 is 1.53 bits per heavy atom. The maximum Gasteiger partial charge on any atom is 0.0579 e. The Kier molecular flexibility index (Phi) is 4.54. The van der Waals surface area contributed by atoms with Gasteiger partial charge in [-0.3, -0.25) is 9.88 Å².